The Labute approximate surface area is 131 Å². The number of hydrogen-bond donors (Lipinski definition) is 0. The maximum absolute atomic E-state index is 5.94. The molecule has 0 amide bonds. The Morgan fingerprint density at radius 2 is 2.05 bits per heavy atom. The molecule has 0 atom stereocenters. The smallest absolute Gasteiger partial charge is 0.121 e. The molecule has 0 bridgehead atoms. The summed E-state index contributed by atoms with van der Waals surface area (Å²) in [4.78, 5) is 6.96. The lowest BCUT2D eigenvalue weighted by Gasteiger charge is -2.33. The zero-order chi connectivity index (χ0) is 15.6. The maximum atomic E-state index is 5.94. The maximum Gasteiger partial charge on any atom is 0.121 e. The van der Waals surface area contributed by atoms with Gasteiger partial charge in [0.25, 0.3) is 0 Å². The highest BCUT2D eigenvalue weighted by Crippen LogP contribution is 2.25. The van der Waals surface area contributed by atoms with Crippen LogP contribution >= 0.6 is 11.6 Å². The molecule has 5 heteroatoms. The van der Waals surface area contributed by atoms with Crippen LogP contribution in [-0.2, 0) is 13.0 Å². The highest BCUT2D eigenvalue weighted by molar-refractivity contribution is 6.17. The first kappa shape index (κ1) is 16.1. The number of likely N-dealkylation sites (N-methyl/N-ethyl adjacent to an activating group) is 1. The summed E-state index contributed by atoms with van der Waals surface area (Å²) in [5.74, 6) is 2.43. The van der Waals surface area contributed by atoms with Gasteiger partial charge in [0.05, 0.1) is 18.1 Å². The summed E-state index contributed by atoms with van der Waals surface area (Å²) in [5.41, 5.74) is 2.13. The Balaban J connectivity index is 2.51. The fourth-order valence-corrected chi connectivity index (χ4v) is 2.44. The lowest BCUT2D eigenvalue weighted by atomic mass is 10.0. The fraction of sp³-hybridized carbons (Fsp3) is 0.562. The second-order valence-electron chi connectivity index (χ2n) is 6.11. The molecule has 21 heavy (non-hydrogen) atoms. The van der Waals surface area contributed by atoms with E-state index >= 15 is 0 Å². The molecular weight excluding hydrogens is 286 g/mol. The van der Waals surface area contributed by atoms with Crippen LogP contribution in [0.25, 0.3) is 11.0 Å². The topological polar surface area (TPSA) is 30.3 Å². The third-order valence-corrected chi connectivity index (χ3v) is 4.30. The minimum absolute atomic E-state index is 0.0363. The molecule has 2 rings (SSSR count). The van der Waals surface area contributed by atoms with E-state index in [0.717, 1.165) is 35.6 Å². The zero-order valence-electron chi connectivity index (χ0n) is 13.5. The number of rotatable bonds is 6. The largest absolute Gasteiger partial charge is 0.497 e. The summed E-state index contributed by atoms with van der Waals surface area (Å²) < 4.78 is 7.56. The van der Waals surface area contributed by atoms with Crippen LogP contribution in [0, 0.1) is 0 Å². The molecule has 0 N–H and O–H groups in total. The second kappa shape index (κ2) is 6.24. The van der Waals surface area contributed by atoms with Gasteiger partial charge in [0, 0.05) is 30.5 Å². The highest BCUT2D eigenvalue weighted by Gasteiger charge is 2.24. The average Bonchev–Trinajstić information content (AvgIpc) is 2.75. The van der Waals surface area contributed by atoms with Gasteiger partial charge in [-0.05, 0) is 40.1 Å². The van der Waals surface area contributed by atoms with Crippen LogP contribution < -0.4 is 4.74 Å². The number of alkyl halides is 1. The minimum Gasteiger partial charge on any atom is -0.497 e. The molecule has 4 nitrogen and oxygen atoms in total. The zero-order valence-corrected chi connectivity index (χ0v) is 14.2. The molecule has 1 heterocycles. The molecule has 116 valence electrons. The van der Waals surface area contributed by atoms with Crippen LogP contribution in [-0.4, -0.2) is 47.1 Å². The molecule has 2 aromatic rings. The molecule has 0 saturated heterocycles. The molecule has 1 aromatic carbocycles. The Bertz CT molecular complexity index is 619. The van der Waals surface area contributed by atoms with Crippen molar-refractivity contribution >= 4 is 22.6 Å². The van der Waals surface area contributed by atoms with Crippen molar-refractivity contribution in [3.05, 3.63) is 24.0 Å². The number of aryl methyl sites for hydroxylation is 1. The van der Waals surface area contributed by atoms with Gasteiger partial charge in [-0.3, -0.25) is 0 Å². The first-order valence-corrected chi connectivity index (χ1v) is 7.69. The number of fused-ring (bicyclic) bond motifs is 1. The summed E-state index contributed by atoms with van der Waals surface area (Å²) >= 11 is 5.94. The van der Waals surface area contributed by atoms with Gasteiger partial charge < -0.3 is 14.2 Å². The van der Waals surface area contributed by atoms with Crippen molar-refractivity contribution in [3.8, 4) is 5.75 Å². The third-order valence-electron chi connectivity index (χ3n) is 4.11. The predicted molar refractivity (Wildman–Crippen MR) is 88.5 cm³/mol. The number of ether oxygens (including phenoxy) is 1. The number of imidazole rings is 1. The first-order chi connectivity index (χ1) is 9.89. The van der Waals surface area contributed by atoms with E-state index < -0.39 is 0 Å². The van der Waals surface area contributed by atoms with Crippen LogP contribution in [0.3, 0.4) is 0 Å². The number of aromatic nitrogens is 2. The number of hydrogen-bond acceptors (Lipinski definition) is 3. The van der Waals surface area contributed by atoms with Crippen molar-refractivity contribution in [2.45, 2.75) is 32.4 Å². The van der Waals surface area contributed by atoms with Crippen LogP contribution in [0.4, 0.5) is 0 Å². The number of halogens is 1. The standard InChI is InChI=1S/C16H24ClN3O/c1-16(2,19(3)4)11-20-14-7-6-12(21-5)10-13(14)18-15(20)8-9-17/h6-7,10H,8-9,11H2,1-5H3. The molecule has 0 aliphatic heterocycles. The van der Waals surface area contributed by atoms with Crippen molar-refractivity contribution in [1.82, 2.24) is 14.5 Å². The molecule has 0 radical (unpaired) electrons. The van der Waals surface area contributed by atoms with Crippen molar-refractivity contribution in [2.24, 2.45) is 0 Å². The van der Waals surface area contributed by atoms with Gasteiger partial charge >= 0.3 is 0 Å². The van der Waals surface area contributed by atoms with Gasteiger partial charge in [0.1, 0.15) is 11.6 Å². The monoisotopic (exact) mass is 309 g/mol. The Morgan fingerprint density at radius 3 is 2.62 bits per heavy atom. The number of methoxy groups -OCH3 is 1. The third kappa shape index (κ3) is 3.33. The Morgan fingerprint density at radius 1 is 1.33 bits per heavy atom. The van der Waals surface area contributed by atoms with Crippen molar-refractivity contribution in [3.63, 3.8) is 0 Å². The molecule has 0 spiro atoms. The fourth-order valence-electron chi connectivity index (χ4n) is 2.27. The highest BCUT2D eigenvalue weighted by atomic mass is 35.5. The van der Waals surface area contributed by atoms with Gasteiger partial charge in [0.2, 0.25) is 0 Å². The van der Waals surface area contributed by atoms with Crippen LogP contribution in [0.15, 0.2) is 18.2 Å². The van der Waals surface area contributed by atoms with Gasteiger partial charge in [0.15, 0.2) is 0 Å². The van der Waals surface area contributed by atoms with E-state index in [4.69, 9.17) is 21.3 Å². The Hall–Kier alpha value is -1.26. The van der Waals surface area contributed by atoms with E-state index in [0.29, 0.717) is 5.88 Å². The van der Waals surface area contributed by atoms with E-state index in [1.54, 1.807) is 7.11 Å². The summed E-state index contributed by atoms with van der Waals surface area (Å²) in [5, 5.41) is 0. The van der Waals surface area contributed by atoms with E-state index in [1.807, 2.05) is 12.1 Å². The van der Waals surface area contributed by atoms with Crippen LogP contribution in [0.5, 0.6) is 5.75 Å². The summed E-state index contributed by atoms with van der Waals surface area (Å²) in [6, 6.07) is 6.03. The number of nitrogens with zero attached hydrogens (tertiary/aromatic N) is 3. The quantitative estimate of drug-likeness (QED) is 0.768. The second-order valence-corrected chi connectivity index (χ2v) is 6.49. The van der Waals surface area contributed by atoms with Gasteiger partial charge in [-0.25, -0.2) is 4.98 Å². The van der Waals surface area contributed by atoms with Crippen molar-refractivity contribution in [1.29, 1.82) is 0 Å². The molecule has 0 unspecified atom stereocenters. The van der Waals surface area contributed by atoms with E-state index in [2.05, 4.69) is 43.5 Å². The average molecular weight is 310 g/mol. The summed E-state index contributed by atoms with van der Waals surface area (Å²) in [6.07, 6.45) is 0.766. The van der Waals surface area contributed by atoms with E-state index in [9.17, 15) is 0 Å². The van der Waals surface area contributed by atoms with Crippen molar-refractivity contribution < 1.29 is 4.74 Å². The first-order valence-electron chi connectivity index (χ1n) is 7.15. The van der Waals surface area contributed by atoms with Crippen LogP contribution in [0.1, 0.15) is 19.7 Å². The lowest BCUT2D eigenvalue weighted by Crippen LogP contribution is -2.42. The molecule has 0 fully saturated rings. The molecular formula is C16H24ClN3O. The lowest BCUT2D eigenvalue weighted by molar-refractivity contribution is 0.170. The van der Waals surface area contributed by atoms with Gasteiger partial charge in [-0.1, -0.05) is 0 Å². The van der Waals surface area contributed by atoms with E-state index in [-0.39, 0.29) is 5.54 Å². The van der Waals surface area contributed by atoms with Crippen molar-refractivity contribution in [2.75, 3.05) is 27.1 Å². The minimum atomic E-state index is 0.0363. The molecule has 1 aromatic heterocycles. The van der Waals surface area contributed by atoms with Gasteiger partial charge in [-0.2, -0.15) is 0 Å². The normalized spacial score (nSPS) is 12.3. The molecule has 0 aliphatic rings. The van der Waals surface area contributed by atoms with E-state index in [1.165, 1.54) is 0 Å². The summed E-state index contributed by atoms with van der Waals surface area (Å²) in [7, 11) is 5.87. The van der Waals surface area contributed by atoms with Crippen LogP contribution in [0.2, 0.25) is 0 Å². The molecule has 0 aliphatic carbocycles. The summed E-state index contributed by atoms with van der Waals surface area (Å²) in [6.45, 7) is 5.33. The Kier molecular flexibility index (Phi) is 4.79. The van der Waals surface area contributed by atoms with Gasteiger partial charge in [-0.15, -0.1) is 11.6 Å². The number of benzene rings is 1. The SMILES string of the molecule is COc1ccc2c(c1)nc(CCCl)n2CC(C)(C)N(C)C. The predicted octanol–water partition coefficient (Wildman–Crippen LogP) is 3.17. The molecule has 0 saturated carbocycles.